The van der Waals surface area contributed by atoms with Crippen LogP contribution in [0.3, 0.4) is 0 Å². The van der Waals surface area contributed by atoms with Gasteiger partial charge in [0.2, 0.25) is 5.91 Å². The van der Waals surface area contributed by atoms with E-state index in [0.29, 0.717) is 22.7 Å². The van der Waals surface area contributed by atoms with Crippen LogP contribution in [0, 0.1) is 0 Å². The van der Waals surface area contributed by atoms with Gasteiger partial charge in [0.1, 0.15) is 6.54 Å². The summed E-state index contributed by atoms with van der Waals surface area (Å²) in [6, 6.07) is 9.50. The lowest BCUT2D eigenvalue weighted by molar-refractivity contribution is -0.122. The SMILES string of the molecule is O=C(Cn1nc(-c2ccccc2Cl)ccc1=O)N[C@H]1CCS(=O)(=O)C1. The van der Waals surface area contributed by atoms with E-state index in [-0.39, 0.29) is 18.1 Å². The molecule has 1 atom stereocenters. The molecule has 0 spiro atoms. The van der Waals surface area contributed by atoms with Crippen LogP contribution in [0.5, 0.6) is 0 Å². The van der Waals surface area contributed by atoms with Gasteiger partial charge < -0.3 is 5.32 Å². The molecule has 1 N–H and O–H groups in total. The molecule has 1 aliphatic rings. The van der Waals surface area contributed by atoms with E-state index in [0.717, 1.165) is 4.68 Å². The van der Waals surface area contributed by atoms with Gasteiger partial charge in [0.25, 0.3) is 5.56 Å². The lowest BCUT2D eigenvalue weighted by atomic mass is 10.1. The molecule has 1 aliphatic heterocycles. The van der Waals surface area contributed by atoms with Crippen molar-refractivity contribution in [2.24, 2.45) is 0 Å². The number of hydrogen-bond donors (Lipinski definition) is 1. The van der Waals surface area contributed by atoms with Crippen molar-refractivity contribution in [3.63, 3.8) is 0 Å². The second-order valence-corrected chi connectivity index (χ2v) is 8.50. The highest BCUT2D eigenvalue weighted by Gasteiger charge is 2.29. The van der Waals surface area contributed by atoms with Crippen LogP contribution in [0.25, 0.3) is 11.3 Å². The molecule has 0 bridgehead atoms. The van der Waals surface area contributed by atoms with E-state index < -0.39 is 27.3 Å². The van der Waals surface area contributed by atoms with Crippen molar-refractivity contribution in [1.29, 1.82) is 0 Å². The number of aromatic nitrogens is 2. The Bertz CT molecular complexity index is 971. The summed E-state index contributed by atoms with van der Waals surface area (Å²) >= 11 is 6.13. The van der Waals surface area contributed by atoms with E-state index >= 15 is 0 Å². The predicted octanol–water partition coefficient (Wildman–Crippen LogP) is 0.867. The molecule has 1 aromatic heterocycles. The number of nitrogens with one attached hydrogen (secondary N) is 1. The third-order valence-corrected chi connectivity index (χ3v) is 6.00. The van der Waals surface area contributed by atoms with Crippen LogP contribution in [-0.2, 0) is 21.2 Å². The van der Waals surface area contributed by atoms with Gasteiger partial charge in [-0.25, -0.2) is 13.1 Å². The van der Waals surface area contributed by atoms with Gasteiger partial charge in [-0.1, -0.05) is 29.8 Å². The second kappa shape index (κ2) is 6.97. The van der Waals surface area contributed by atoms with Gasteiger partial charge in [-0.3, -0.25) is 9.59 Å². The molecule has 2 heterocycles. The van der Waals surface area contributed by atoms with Crippen LogP contribution in [0.2, 0.25) is 5.02 Å². The largest absolute Gasteiger partial charge is 0.351 e. The number of nitrogens with zero attached hydrogens (tertiary/aromatic N) is 2. The van der Waals surface area contributed by atoms with Crippen molar-refractivity contribution in [3.8, 4) is 11.3 Å². The Kier molecular flexibility index (Phi) is 4.91. The average Bonchev–Trinajstić information content (AvgIpc) is 2.89. The first-order chi connectivity index (χ1) is 11.8. The normalized spacial score (nSPS) is 18.8. The van der Waals surface area contributed by atoms with Crippen LogP contribution in [0.4, 0.5) is 0 Å². The topological polar surface area (TPSA) is 98.1 Å². The van der Waals surface area contributed by atoms with E-state index in [1.165, 1.54) is 6.07 Å². The second-order valence-electron chi connectivity index (χ2n) is 5.86. The zero-order valence-corrected chi connectivity index (χ0v) is 14.8. The maximum atomic E-state index is 12.1. The van der Waals surface area contributed by atoms with Gasteiger partial charge in [-0.05, 0) is 18.6 Å². The Morgan fingerprint density at radius 3 is 2.72 bits per heavy atom. The van der Waals surface area contributed by atoms with Gasteiger partial charge in [0, 0.05) is 17.7 Å². The van der Waals surface area contributed by atoms with E-state index in [4.69, 9.17) is 11.6 Å². The number of hydrogen-bond acceptors (Lipinski definition) is 5. The smallest absolute Gasteiger partial charge is 0.267 e. The first-order valence-electron chi connectivity index (χ1n) is 7.67. The molecule has 9 heteroatoms. The molecular formula is C16H16ClN3O4S. The molecule has 0 radical (unpaired) electrons. The Hall–Kier alpha value is -2.19. The maximum absolute atomic E-state index is 12.1. The molecule has 7 nitrogen and oxygen atoms in total. The highest BCUT2D eigenvalue weighted by Crippen LogP contribution is 2.24. The Balaban J connectivity index is 1.76. The number of halogens is 1. The Morgan fingerprint density at radius 2 is 2.04 bits per heavy atom. The summed E-state index contributed by atoms with van der Waals surface area (Å²) in [5.41, 5.74) is 0.701. The minimum Gasteiger partial charge on any atom is -0.351 e. The van der Waals surface area contributed by atoms with E-state index in [2.05, 4.69) is 10.4 Å². The molecular weight excluding hydrogens is 366 g/mol. The summed E-state index contributed by atoms with van der Waals surface area (Å²) in [7, 11) is -3.08. The standard InChI is InChI=1S/C16H16ClN3O4S/c17-13-4-2-1-3-12(13)14-5-6-16(22)20(19-14)9-15(21)18-11-7-8-25(23,24)10-11/h1-6,11H,7-10H2,(H,18,21)/t11-/m0/s1. The molecule has 3 rings (SSSR count). The maximum Gasteiger partial charge on any atom is 0.267 e. The first-order valence-corrected chi connectivity index (χ1v) is 9.87. The fraction of sp³-hybridized carbons (Fsp3) is 0.312. The minimum atomic E-state index is -3.08. The quantitative estimate of drug-likeness (QED) is 0.847. The van der Waals surface area contributed by atoms with Crippen LogP contribution >= 0.6 is 11.6 Å². The summed E-state index contributed by atoms with van der Waals surface area (Å²) in [6.45, 7) is -0.284. The summed E-state index contributed by atoms with van der Waals surface area (Å²) in [5.74, 6) is -0.452. The predicted molar refractivity (Wildman–Crippen MR) is 94.1 cm³/mol. The van der Waals surface area contributed by atoms with Crippen LogP contribution in [0.1, 0.15) is 6.42 Å². The van der Waals surface area contributed by atoms with Gasteiger partial charge in [0.15, 0.2) is 9.84 Å². The molecule has 1 saturated heterocycles. The number of amides is 1. The van der Waals surface area contributed by atoms with Crippen LogP contribution in [-0.4, -0.2) is 41.7 Å². The zero-order valence-electron chi connectivity index (χ0n) is 13.2. The van der Waals surface area contributed by atoms with Crippen molar-refractivity contribution in [3.05, 3.63) is 51.8 Å². The van der Waals surface area contributed by atoms with Crippen molar-refractivity contribution in [2.75, 3.05) is 11.5 Å². The summed E-state index contributed by atoms with van der Waals surface area (Å²) in [6.07, 6.45) is 0.385. The highest BCUT2D eigenvalue weighted by atomic mass is 35.5. The minimum absolute atomic E-state index is 0.0676. The van der Waals surface area contributed by atoms with E-state index in [9.17, 15) is 18.0 Å². The van der Waals surface area contributed by atoms with Gasteiger partial charge >= 0.3 is 0 Å². The van der Waals surface area contributed by atoms with Crippen LogP contribution in [0.15, 0.2) is 41.2 Å². The molecule has 1 amide bonds. The Morgan fingerprint density at radius 1 is 1.28 bits per heavy atom. The molecule has 1 aromatic carbocycles. The first kappa shape index (κ1) is 17.6. The third-order valence-electron chi connectivity index (χ3n) is 3.91. The lowest BCUT2D eigenvalue weighted by Crippen LogP contribution is -2.40. The van der Waals surface area contributed by atoms with Crippen molar-refractivity contribution in [2.45, 2.75) is 19.0 Å². The molecule has 0 saturated carbocycles. The van der Waals surface area contributed by atoms with Crippen molar-refractivity contribution < 1.29 is 13.2 Å². The summed E-state index contributed by atoms with van der Waals surface area (Å²) in [5, 5.41) is 7.31. The van der Waals surface area contributed by atoms with Gasteiger partial charge in [-0.2, -0.15) is 5.10 Å². The molecule has 25 heavy (non-hydrogen) atoms. The van der Waals surface area contributed by atoms with E-state index in [1.807, 2.05) is 0 Å². The highest BCUT2D eigenvalue weighted by molar-refractivity contribution is 7.91. The summed E-state index contributed by atoms with van der Waals surface area (Å²) < 4.78 is 23.9. The number of carbonyl (C=O) groups is 1. The average molecular weight is 382 g/mol. The zero-order chi connectivity index (χ0) is 18.0. The van der Waals surface area contributed by atoms with Crippen molar-refractivity contribution in [1.82, 2.24) is 15.1 Å². The van der Waals surface area contributed by atoms with Gasteiger partial charge in [0.05, 0.1) is 22.2 Å². The number of carbonyl (C=O) groups excluding carboxylic acids is 1. The molecule has 1 fully saturated rings. The number of sulfone groups is 1. The molecule has 132 valence electrons. The number of rotatable bonds is 4. The Labute approximate surface area is 149 Å². The fourth-order valence-corrected chi connectivity index (χ4v) is 4.60. The monoisotopic (exact) mass is 381 g/mol. The van der Waals surface area contributed by atoms with Gasteiger partial charge in [-0.15, -0.1) is 0 Å². The molecule has 2 aromatic rings. The lowest BCUT2D eigenvalue weighted by Gasteiger charge is -2.12. The third kappa shape index (κ3) is 4.26. The van der Waals surface area contributed by atoms with Crippen LogP contribution < -0.4 is 10.9 Å². The molecule has 0 aliphatic carbocycles. The summed E-state index contributed by atoms with van der Waals surface area (Å²) in [4.78, 5) is 24.1. The number of benzene rings is 1. The van der Waals surface area contributed by atoms with Crippen molar-refractivity contribution >= 4 is 27.3 Å². The molecule has 0 unspecified atom stereocenters. The fourth-order valence-electron chi connectivity index (χ4n) is 2.69. The van der Waals surface area contributed by atoms with E-state index in [1.54, 1.807) is 30.3 Å².